The molecule has 0 aliphatic heterocycles. The van der Waals surface area contributed by atoms with Crippen LogP contribution < -0.4 is 5.32 Å². The Hall–Kier alpha value is -0.820. The first-order chi connectivity index (χ1) is 7.54. The Morgan fingerprint density at radius 2 is 1.81 bits per heavy atom. The van der Waals surface area contributed by atoms with Gasteiger partial charge in [-0.25, -0.2) is 0 Å². The van der Waals surface area contributed by atoms with Crippen LogP contribution in [0.4, 0.5) is 0 Å². The molecular weight excluding hydrogens is 194 g/mol. The van der Waals surface area contributed by atoms with Crippen molar-refractivity contribution < 1.29 is 0 Å². The topological polar surface area (TPSA) is 12.0 Å². The Kier molecular flexibility index (Phi) is 5.01. The van der Waals surface area contributed by atoms with Gasteiger partial charge in [0.2, 0.25) is 0 Å². The maximum absolute atomic E-state index is 3.44. The van der Waals surface area contributed by atoms with Gasteiger partial charge in [-0.15, -0.1) is 0 Å². The van der Waals surface area contributed by atoms with Gasteiger partial charge in [-0.3, -0.25) is 0 Å². The van der Waals surface area contributed by atoms with Crippen molar-refractivity contribution in [3.8, 4) is 0 Å². The van der Waals surface area contributed by atoms with Crippen LogP contribution >= 0.6 is 0 Å². The summed E-state index contributed by atoms with van der Waals surface area (Å²) in [6, 6.07) is 7.23. The normalized spacial score (nSPS) is 13.1. The maximum atomic E-state index is 3.44. The zero-order valence-corrected chi connectivity index (χ0v) is 11.3. The highest BCUT2D eigenvalue weighted by Crippen LogP contribution is 2.24. The van der Waals surface area contributed by atoms with E-state index in [0.717, 1.165) is 5.92 Å². The smallest absolute Gasteiger partial charge is 0.0320 e. The molecule has 0 spiro atoms. The summed E-state index contributed by atoms with van der Waals surface area (Å²) in [5, 5.41) is 3.44. The minimum atomic E-state index is 0.502. The van der Waals surface area contributed by atoms with E-state index in [0.29, 0.717) is 6.04 Å². The van der Waals surface area contributed by atoms with Gasteiger partial charge in [0.05, 0.1) is 0 Å². The average molecular weight is 219 g/mol. The molecule has 0 fully saturated rings. The molecule has 0 aromatic heterocycles. The molecular formula is C15H25N. The van der Waals surface area contributed by atoms with Crippen LogP contribution in [-0.4, -0.2) is 7.05 Å². The van der Waals surface area contributed by atoms with Gasteiger partial charge < -0.3 is 5.32 Å². The molecule has 0 saturated heterocycles. The van der Waals surface area contributed by atoms with E-state index in [-0.39, 0.29) is 0 Å². The van der Waals surface area contributed by atoms with E-state index < -0.39 is 0 Å². The molecule has 0 radical (unpaired) electrons. The molecule has 0 aliphatic carbocycles. The predicted octanol–water partition coefficient (Wildman–Crippen LogP) is 4.00. The zero-order valence-electron chi connectivity index (χ0n) is 11.3. The molecule has 1 N–H and O–H groups in total. The number of nitrogens with one attached hydrogen (secondary N) is 1. The highest BCUT2D eigenvalue weighted by atomic mass is 14.9. The van der Waals surface area contributed by atoms with Crippen LogP contribution in [0.1, 0.15) is 49.4 Å². The lowest BCUT2D eigenvalue weighted by molar-refractivity contribution is 0.463. The fourth-order valence-corrected chi connectivity index (χ4v) is 2.09. The van der Waals surface area contributed by atoms with E-state index in [9.17, 15) is 0 Å². The van der Waals surface area contributed by atoms with Crippen molar-refractivity contribution >= 4 is 0 Å². The Morgan fingerprint density at radius 1 is 1.12 bits per heavy atom. The molecule has 0 saturated carbocycles. The van der Waals surface area contributed by atoms with Crippen molar-refractivity contribution in [2.75, 3.05) is 7.05 Å². The van der Waals surface area contributed by atoms with E-state index >= 15 is 0 Å². The fourth-order valence-electron chi connectivity index (χ4n) is 2.09. The molecule has 1 nitrogen and oxygen atoms in total. The van der Waals surface area contributed by atoms with Crippen LogP contribution in [0.25, 0.3) is 0 Å². The van der Waals surface area contributed by atoms with Crippen molar-refractivity contribution in [1.29, 1.82) is 0 Å². The third kappa shape index (κ3) is 3.64. The lowest BCUT2D eigenvalue weighted by atomic mass is 9.93. The molecule has 1 rings (SSSR count). The molecule has 0 amide bonds. The molecule has 1 unspecified atom stereocenters. The van der Waals surface area contributed by atoms with Crippen LogP contribution in [0, 0.1) is 19.8 Å². The third-order valence-electron chi connectivity index (χ3n) is 3.19. The lowest BCUT2D eigenvalue weighted by Crippen LogP contribution is -2.18. The van der Waals surface area contributed by atoms with Crippen molar-refractivity contribution in [2.45, 2.75) is 46.6 Å². The highest BCUT2D eigenvalue weighted by Gasteiger charge is 2.12. The van der Waals surface area contributed by atoms with Gasteiger partial charge in [-0.1, -0.05) is 37.6 Å². The average Bonchev–Trinajstić information content (AvgIpc) is 2.23. The molecule has 16 heavy (non-hydrogen) atoms. The number of aryl methyl sites for hydroxylation is 2. The van der Waals surface area contributed by atoms with Crippen molar-refractivity contribution in [3.05, 3.63) is 34.9 Å². The Morgan fingerprint density at radius 3 is 2.38 bits per heavy atom. The number of benzene rings is 1. The number of hydrogen-bond acceptors (Lipinski definition) is 1. The van der Waals surface area contributed by atoms with Crippen molar-refractivity contribution in [1.82, 2.24) is 5.32 Å². The van der Waals surface area contributed by atoms with Crippen LogP contribution in [0.5, 0.6) is 0 Å². The summed E-state index contributed by atoms with van der Waals surface area (Å²) in [6.45, 7) is 8.94. The van der Waals surface area contributed by atoms with E-state index in [2.05, 4.69) is 58.3 Å². The molecule has 1 aromatic carbocycles. The molecule has 90 valence electrons. The summed E-state index contributed by atoms with van der Waals surface area (Å²) in [7, 11) is 2.06. The first-order valence-electron chi connectivity index (χ1n) is 6.29. The predicted molar refractivity (Wildman–Crippen MR) is 71.8 cm³/mol. The summed E-state index contributed by atoms with van der Waals surface area (Å²) in [4.78, 5) is 0. The van der Waals surface area contributed by atoms with E-state index in [4.69, 9.17) is 0 Å². The number of hydrogen-bond donors (Lipinski definition) is 1. The monoisotopic (exact) mass is 219 g/mol. The van der Waals surface area contributed by atoms with Crippen LogP contribution in [-0.2, 0) is 0 Å². The first-order valence-corrected chi connectivity index (χ1v) is 6.29. The fraction of sp³-hybridized carbons (Fsp3) is 0.600. The molecule has 0 bridgehead atoms. The van der Waals surface area contributed by atoms with Crippen molar-refractivity contribution in [3.63, 3.8) is 0 Å². The molecule has 0 aliphatic rings. The molecule has 1 heteroatoms. The second-order valence-electron chi connectivity index (χ2n) is 5.17. The maximum Gasteiger partial charge on any atom is 0.0320 e. The second-order valence-corrected chi connectivity index (χ2v) is 5.17. The van der Waals surface area contributed by atoms with Gasteiger partial charge in [0.25, 0.3) is 0 Å². The molecule has 0 heterocycles. The van der Waals surface area contributed by atoms with Crippen LogP contribution in [0.3, 0.4) is 0 Å². The summed E-state index contributed by atoms with van der Waals surface area (Å²) in [5.74, 6) is 0.779. The highest BCUT2D eigenvalue weighted by molar-refractivity contribution is 5.32. The van der Waals surface area contributed by atoms with Gasteiger partial charge in [0.15, 0.2) is 0 Å². The summed E-state index contributed by atoms with van der Waals surface area (Å²) in [5.41, 5.74) is 4.21. The minimum absolute atomic E-state index is 0.502. The van der Waals surface area contributed by atoms with E-state index in [1.54, 1.807) is 0 Å². The van der Waals surface area contributed by atoms with Crippen molar-refractivity contribution in [2.24, 2.45) is 5.92 Å². The van der Waals surface area contributed by atoms with Gasteiger partial charge in [0.1, 0.15) is 0 Å². The largest absolute Gasteiger partial charge is 0.313 e. The quantitative estimate of drug-likeness (QED) is 0.789. The zero-order chi connectivity index (χ0) is 12.1. The lowest BCUT2D eigenvalue weighted by Gasteiger charge is -2.20. The Labute approximate surface area is 100 Å². The molecule has 1 atom stereocenters. The SMILES string of the molecule is CNC(CCC(C)C)c1cc(C)ccc1C. The van der Waals surface area contributed by atoms with Gasteiger partial charge in [-0.05, 0) is 50.8 Å². The van der Waals surface area contributed by atoms with Gasteiger partial charge >= 0.3 is 0 Å². The number of rotatable bonds is 5. The Bertz CT molecular complexity index is 328. The third-order valence-corrected chi connectivity index (χ3v) is 3.19. The van der Waals surface area contributed by atoms with E-state index in [1.165, 1.54) is 29.5 Å². The first kappa shape index (κ1) is 13.2. The summed E-state index contributed by atoms with van der Waals surface area (Å²) < 4.78 is 0. The minimum Gasteiger partial charge on any atom is -0.313 e. The Balaban J connectivity index is 2.81. The van der Waals surface area contributed by atoms with Crippen LogP contribution in [0.2, 0.25) is 0 Å². The summed E-state index contributed by atoms with van der Waals surface area (Å²) >= 11 is 0. The van der Waals surface area contributed by atoms with E-state index in [1.807, 2.05) is 0 Å². The van der Waals surface area contributed by atoms with Gasteiger partial charge in [-0.2, -0.15) is 0 Å². The van der Waals surface area contributed by atoms with Crippen LogP contribution in [0.15, 0.2) is 18.2 Å². The molecule has 1 aromatic rings. The van der Waals surface area contributed by atoms with Gasteiger partial charge in [0, 0.05) is 6.04 Å². The standard InChI is InChI=1S/C15H25N/c1-11(2)6-9-15(16-5)14-10-12(3)7-8-13(14)4/h7-8,10-11,15-16H,6,9H2,1-5H3. The second kappa shape index (κ2) is 6.05. The summed E-state index contributed by atoms with van der Waals surface area (Å²) in [6.07, 6.45) is 2.50.